The lowest BCUT2D eigenvalue weighted by Gasteiger charge is -2.42. The van der Waals surface area contributed by atoms with Crippen LogP contribution >= 0.6 is 0 Å². The van der Waals surface area contributed by atoms with Crippen LogP contribution in [-0.4, -0.2) is 5.60 Å². The van der Waals surface area contributed by atoms with Crippen molar-refractivity contribution in [2.75, 3.05) is 0 Å². The lowest BCUT2D eigenvalue weighted by Crippen LogP contribution is -2.47. The molecule has 2 saturated carbocycles. The minimum absolute atomic E-state index is 0.00412. The second-order valence-corrected chi connectivity index (χ2v) is 6.10. The lowest BCUT2D eigenvalue weighted by molar-refractivity contribution is -0.00692. The number of halogens is 1. The van der Waals surface area contributed by atoms with E-state index in [1.807, 2.05) is 0 Å². The fourth-order valence-electron chi connectivity index (χ4n) is 3.58. The minimum atomic E-state index is -0.233. The first-order chi connectivity index (χ1) is 8.69. The van der Waals surface area contributed by atoms with Gasteiger partial charge >= 0.3 is 0 Å². The van der Waals surface area contributed by atoms with E-state index < -0.39 is 0 Å². The predicted molar refractivity (Wildman–Crippen MR) is 66.8 cm³/mol. The normalized spacial score (nSPS) is 29.6. The van der Waals surface area contributed by atoms with Crippen molar-refractivity contribution in [1.82, 2.24) is 0 Å². The maximum Gasteiger partial charge on any atom is 0.127 e. The molecule has 0 saturated heterocycles. The zero-order valence-electron chi connectivity index (χ0n) is 10.4. The van der Waals surface area contributed by atoms with Crippen molar-refractivity contribution in [2.45, 2.75) is 43.7 Å². The molecule has 0 radical (unpaired) electrons. The summed E-state index contributed by atoms with van der Waals surface area (Å²) < 4.78 is 19.7. The molecule has 3 aliphatic rings. The Bertz CT molecular complexity index is 481. The minimum Gasteiger partial charge on any atom is -0.486 e. The van der Waals surface area contributed by atoms with Crippen molar-refractivity contribution < 1.29 is 9.13 Å². The van der Waals surface area contributed by atoms with Crippen molar-refractivity contribution in [3.05, 3.63) is 29.6 Å². The maximum atomic E-state index is 13.4. The van der Waals surface area contributed by atoms with Gasteiger partial charge in [-0.3, -0.25) is 0 Å². The van der Waals surface area contributed by atoms with Gasteiger partial charge in [0.1, 0.15) is 17.2 Å². The van der Waals surface area contributed by atoms with E-state index in [9.17, 15) is 4.39 Å². The molecular formula is C15H18FNO. The number of rotatable bonds is 2. The van der Waals surface area contributed by atoms with Gasteiger partial charge < -0.3 is 10.5 Å². The van der Waals surface area contributed by atoms with E-state index >= 15 is 0 Å². The summed E-state index contributed by atoms with van der Waals surface area (Å²) in [6.45, 7) is 0. The number of fused-ring (bicyclic) bond motifs is 1. The van der Waals surface area contributed by atoms with Gasteiger partial charge in [-0.1, -0.05) is 6.07 Å². The standard InChI is InChI=1S/C15H18FNO/c16-11-5-6-12-13(17)8-15(9-1-2-9,10-3-4-10)18-14(12)7-11/h5-7,9-10,13H,1-4,8,17H2. The van der Waals surface area contributed by atoms with Crippen LogP contribution in [0.1, 0.15) is 43.7 Å². The molecule has 0 amide bonds. The number of nitrogens with two attached hydrogens (primary N) is 1. The summed E-state index contributed by atoms with van der Waals surface area (Å²) in [6, 6.07) is 4.76. The summed E-state index contributed by atoms with van der Waals surface area (Å²) in [5, 5.41) is 0. The molecule has 96 valence electrons. The molecule has 1 aromatic carbocycles. The molecule has 1 unspecified atom stereocenters. The zero-order chi connectivity index (χ0) is 12.3. The monoisotopic (exact) mass is 247 g/mol. The van der Waals surface area contributed by atoms with E-state index in [1.165, 1.54) is 37.8 Å². The zero-order valence-corrected chi connectivity index (χ0v) is 10.4. The number of hydrogen-bond acceptors (Lipinski definition) is 2. The fraction of sp³-hybridized carbons (Fsp3) is 0.600. The van der Waals surface area contributed by atoms with Gasteiger partial charge in [0.15, 0.2) is 0 Å². The highest BCUT2D eigenvalue weighted by Crippen LogP contribution is 2.59. The molecule has 1 heterocycles. The Morgan fingerprint density at radius 1 is 1.17 bits per heavy atom. The van der Waals surface area contributed by atoms with Crippen LogP contribution in [-0.2, 0) is 0 Å². The molecule has 2 N–H and O–H groups in total. The number of ether oxygens (including phenoxy) is 1. The van der Waals surface area contributed by atoms with Crippen molar-refractivity contribution >= 4 is 0 Å². The Morgan fingerprint density at radius 3 is 2.44 bits per heavy atom. The highest BCUT2D eigenvalue weighted by atomic mass is 19.1. The third-order valence-corrected chi connectivity index (χ3v) is 4.75. The van der Waals surface area contributed by atoms with Crippen LogP contribution < -0.4 is 10.5 Å². The van der Waals surface area contributed by atoms with E-state index in [0.717, 1.165) is 12.0 Å². The molecule has 2 aliphatic carbocycles. The largest absolute Gasteiger partial charge is 0.486 e. The SMILES string of the molecule is NC1CC(C2CC2)(C2CC2)Oc2cc(F)ccc21. The molecule has 0 spiro atoms. The first kappa shape index (κ1) is 10.8. The van der Waals surface area contributed by atoms with Gasteiger partial charge in [-0.05, 0) is 43.6 Å². The van der Waals surface area contributed by atoms with Gasteiger partial charge in [0.2, 0.25) is 0 Å². The topological polar surface area (TPSA) is 35.2 Å². The van der Waals surface area contributed by atoms with Crippen molar-refractivity contribution in [1.29, 1.82) is 0 Å². The molecule has 4 rings (SSSR count). The first-order valence-corrected chi connectivity index (χ1v) is 6.93. The average molecular weight is 247 g/mol. The van der Waals surface area contributed by atoms with Gasteiger partial charge in [0, 0.05) is 24.1 Å². The van der Waals surface area contributed by atoms with Crippen LogP contribution in [0.15, 0.2) is 18.2 Å². The first-order valence-electron chi connectivity index (χ1n) is 6.93. The summed E-state index contributed by atoms with van der Waals surface area (Å²) in [6.07, 6.45) is 5.88. The predicted octanol–water partition coefficient (Wildman–Crippen LogP) is 3.17. The van der Waals surface area contributed by atoms with Crippen LogP contribution in [0.3, 0.4) is 0 Å². The Labute approximate surface area is 106 Å². The molecule has 0 aromatic heterocycles. The van der Waals surface area contributed by atoms with Crippen LogP contribution in [0.2, 0.25) is 0 Å². The van der Waals surface area contributed by atoms with E-state index in [0.29, 0.717) is 17.6 Å². The third kappa shape index (κ3) is 1.50. The smallest absolute Gasteiger partial charge is 0.127 e. The molecule has 2 fully saturated rings. The second-order valence-electron chi connectivity index (χ2n) is 6.10. The molecule has 1 atom stereocenters. The van der Waals surface area contributed by atoms with Gasteiger partial charge in [-0.15, -0.1) is 0 Å². The summed E-state index contributed by atoms with van der Waals surface area (Å²) in [4.78, 5) is 0. The van der Waals surface area contributed by atoms with Gasteiger partial charge in [0.05, 0.1) is 0 Å². The Hall–Kier alpha value is -1.09. The van der Waals surface area contributed by atoms with Crippen LogP contribution in [0.4, 0.5) is 4.39 Å². The van der Waals surface area contributed by atoms with Crippen molar-refractivity contribution in [2.24, 2.45) is 17.6 Å². The highest BCUT2D eigenvalue weighted by Gasteiger charge is 2.58. The number of hydrogen-bond donors (Lipinski definition) is 1. The quantitative estimate of drug-likeness (QED) is 0.871. The summed E-state index contributed by atoms with van der Waals surface area (Å²) >= 11 is 0. The number of benzene rings is 1. The Balaban J connectivity index is 1.77. The maximum absolute atomic E-state index is 13.4. The molecule has 3 heteroatoms. The molecule has 0 bridgehead atoms. The van der Waals surface area contributed by atoms with Gasteiger partial charge in [-0.25, -0.2) is 4.39 Å². The van der Waals surface area contributed by atoms with Gasteiger partial charge in [-0.2, -0.15) is 0 Å². The highest BCUT2D eigenvalue weighted by molar-refractivity contribution is 5.40. The van der Waals surface area contributed by atoms with E-state index in [-0.39, 0.29) is 17.5 Å². The average Bonchev–Trinajstić information content (AvgIpc) is 3.17. The van der Waals surface area contributed by atoms with Crippen molar-refractivity contribution in [3.63, 3.8) is 0 Å². The molecular weight excluding hydrogens is 229 g/mol. The van der Waals surface area contributed by atoms with Crippen molar-refractivity contribution in [3.8, 4) is 5.75 Å². The molecule has 2 nitrogen and oxygen atoms in total. The van der Waals surface area contributed by atoms with Gasteiger partial charge in [0.25, 0.3) is 0 Å². The van der Waals surface area contributed by atoms with E-state index in [4.69, 9.17) is 10.5 Å². The molecule has 18 heavy (non-hydrogen) atoms. The fourth-order valence-corrected chi connectivity index (χ4v) is 3.58. The summed E-state index contributed by atoms with van der Waals surface area (Å²) in [5.74, 6) is 1.75. The van der Waals surface area contributed by atoms with Crippen LogP contribution in [0, 0.1) is 17.7 Å². The Morgan fingerprint density at radius 2 is 1.83 bits per heavy atom. The molecule has 1 aliphatic heterocycles. The summed E-state index contributed by atoms with van der Waals surface area (Å²) in [7, 11) is 0. The summed E-state index contributed by atoms with van der Waals surface area (Å²) in [5.41, 5.74) is 7.18. The molecule has 1 aromatic rings. The third-order valence-electron chi connectivity index (χ3n) is 4.75. The van der Waals surface area contributed by atoms with E-state index in [2.05, 4.69) is 0 Å². The van der Waals surface area contributed by atoms with E-state index in [1.54, 1.807) is 6.07 Å². The Kier molecular flexibility index (Phi) is 2.08. The van der Waals surface area contributed by atoms with Crippen LogP contribution in [0.5, 0.6) is 5.75 Å². The second kappa shape index (κ2) is 3.47. The lowest BCUT2D eigenvalue weighted by atomic mass is 9.80. The van der Waals surface area contributed by atoms with Crippen LogP contribution in [0.25, 0.3) is 0 Å².